The van der Waals surface area contributed by atoms with Crippen molar-refractivity contribution in [3.63, 3.8) is 0 Å². The number of hydrogen-bond acceptors (Lipinski definition) is 4. The zero-order chi connectivity index (χ0) is 14.5. The summed E-state index contributed by atoms with van der Waals surface area (Å²) in [6.07, 6.45) is 0.874. The van der Waals surface area contributed by atoms with Crippen LogP contribution < -0.4 is 10.1 Å². The number of nitrogens with one attached hydrogen (secondary N) is 1. The summed E-state index contributed by atoms with van der Waals surface area (Å²) in [5, 5.41) is 4.06. The van der Waals surface area contributed by atoms with Crippen LogP contribution in [-0.4, -0.2) is 18.1 Å². The quantitative estimate of drug-likeness (QED) is 0.689. The Morgan fingerprint density at radius 2 is 2.00 bits per heavy atom. The minimum atomic E-state index is -0.228. The topological polar surface area (TPSA) is 34.2 Å². The van der Waals surface area contributed by atoms with E-state index in [1.807, 2.05) is 30.3 Å². The van der Waals surface area contributed by atoms with Gasteiger partial charge < -0.3 is 10.1 Å². The van der Waals surface area contributed by atoms with Gasteiger partial charge in [0.2, 0.25) is 0 Å². The number of fused-ring (bicyclic) bond motifs is 1. The molecule has 0 unspecified atom stereocenters. The first kappa shape index (κ1) is 13.8. The predicted molar refractivity (Wildman–Crippen MR) is 84.6 cm³/mol. The largest absolute Gasteiger partial charge is 0.494 e. The molecule has 0 saturated carbocycles. The Hall–Kier alpha value is -2.14. The number of rotatable bonds is 6. The molecule has 0 aliphatic carbocycles. The van der Waals surface area contributed by atoms with E-state index in [2.05, 4.69) is 10.3 Å². The smallest absolute Gasteiger partial charge is 0.183 e. The van der Waals surface area contributed by atoms with Crippen LogP contribution in [0.5, 0.6) is 5.75 Å². The van der Waals surface area contributed by atoms with Crippen molar-refractivity contribution in [2.45, 2.75) is 6.42 Å². The highest BCUT2D eigenvalue weighted by Crippen LogP contribution is 2.26. The van der Waals surface area contributed by atoms with Crippen LogP contribution in [0, 0.1) is 5.82 Å². The number of aromatic nitrogens is 1. The number of anilines is 1. The minimum Gasteiger partial charge on any atom is -0.494 e. The van der Waals surface area contributed by atoms with Gasteiger partial charge in [-0.15, -0.1) is 0 Å². The Labute approximate surface area is 126 Å². The van der Waals surface area contributed by atoms with E-state index in [0.717, 1.165) is 34.1 Å². The molecule has 5 heteroatoms. The molecule has 0 aliphatic rings. The fraction of sp³-hybridized carbons (Fsp3) is 0.188. The maximum atomic E-state index is 13.1. The molecular formula is C16H15FN2OS. The van der Waals surface area contributed by atoms with Crippen molar-refractivity contribution in [2.75, 3.05) is 18.5 Å². The van der Waals surface area contributed by atoms with Crippen LogP contribution in [0.2, 0.25) is 0 Å². The lowest BCUT2D eigenvalue weighted by molar-refractivity contribution is 0.315. The molecule has 0 amide bonds. The van der Waals surface area contributed by atoms with Gasteiger partial charge in [0.25, 0.3) is 0 Å². The zero-order valence-electron chi connectivity index (χ0n) is 11.4. The number of thiazole rings is 1. The maximum Gasteiger partial charge on any atom is 0.183 e. The standard InChI is InChI=1S/C16H15FN2OS/c17-12-7-8-14-15(11-12)21-16(19-14)18-9-4-10-20-13-5-2-1-3-6-13/h1-3,5-8,11H,4,9-10H2,(H,18,19). The number of halogens is 1. The van der Waals surface area contributed by atoms with Gasteiger partial charge in [-0.3, -0.25) is 0 Å². The molecule has 21 heavy (non-hydrogen) atoms. The lowest BCUT2D eigenvalue weighted by atomic mass is 10.3. The number of para-hydroxylation sites is 1. The molecule has 0 bridgehead atoms. The molecule has 2 aromatic carbocycles. The van der Waals surface area contributed by atoms with Gasteiger partial charge in [0.1, 0.15) is 11.6 Å². The fourth-order valence-corrected chi connectivity index (χ4v) is 2.86. The summed E-state index contributed by atoms with van der Waals surface area (Å²) in [5.41, 5.74) is 0.824. The predicted octanol–water partition coefficient (Wildman–Crippen LogP) is 4.32. The first-order valence-corrected chi connectivity index (χ1v) is 7.61. The summed E-state index contributed by atoms with van der Waals surface area (Å²) < 4.78 is 19.6. The second-order valence-corrected chi connectivity index (χ2v) is 5.60. The SMILES string of the molecule is Fc1ccc2nc(NCCCOc3ccccc3)sc2c1. The van der Waals surface area contributed by atoms with Crippen molar-refractivity contribution in [1.82, 2.24) is 4.98 Å². The van der Waals surface area contributed by atoms with Crippen LogP contribution in [0.4, 0.5) is 9.52 Å². The van der Waals surface area contributed by atoms with Crippen LogP contribution in [0.15, 0.2) is 48.5 Å². The van der Waals surface area contributed by atoms with E-state index in [1.165, 1.54) is 23.5 Å². The van der Waals surface area contributed by atoms with E-state index in [-0.39, 0.29) is 5.82 Å². The zero-order valence-corrected chi connectivity index (χ0v) is 12.2. The highest BCUT2D eigenvalue weighted by molar-refractivity contribution is 7.22. The third kappa shape index (κ3) is 3.70. The summed E-state index contributed by atoms with van der Waals surface area (Å²) in [6, 6.07) is 14.4. The van der Waals surface area contributed by atoms with Crippen molar-refractivity contribution in [3.8, 4) is 5.75 Å². The molecule has 3 nitrogen and oxygen atoms in total. The van der Waals surface area contributed by atoms with Gasteiger partial charge in [0.15, 0.2) is 5.13 Å². The summed E-state index contributed by atoms with van der Waals surface area (Å²) in [7, 11) is 0. The number of hydrogen-bond donors (Lipinski definition) is 1. The molecule has 1 heterocycles. The van der Waals surface area contributed by atoms with E-state index < -0.39 is 0 Å². The monoisotopic (exact) mass is 302 g/mol. The fourth-order valence-electron chi connectivity index (χ4n) is 1.95. The van der Waals surface area contributed by atoms with Gasteiger partial charge in [-0.25, -0.2) is 9.37 Å². The Bertz CT molecular complexity index is 715. The Kier molecular flexibility index (Phi) is 4.31. The third-order valence-corrected chi connectivity index (χ3v) is 3.94. The molecule has 0 atom stereocenters. The molecule has 3 rings (SSSR count). The molecule has 0 fully saturated rings. The van der Waals surface area contributed by atoms with Gasteiger partial charge in [0.05, 0.1) is 16.8 Å². The summed E-state index contributed by atoms with van der Waals surface area (Å²) in [6.45, 7) is 1.42. The van der Waals surface area contributed by atoms with Crippen LogP contribution >= 0.6 is 11.3 Å². The minimum absolute atomic E-state index is 0.228. The molecule has 1 N–H and O–H groups in total. The Morgan fingerprint density at radius 3 is 2.86 bits per heavy atom. The molecule has 108 valence electrons. The number of ether oxygens (including phenoxy) is 1. The summed E-state index contributed by atoms with van der Waals surface area (Å²) >= 11 is 1.46. The van der Waals surface area contributed by atoms with Crippen LogP contribution in [0.25, 0.3) is 10.2 Å². The summed E-state index contributed by atoms with van der Waals surface area (Å²) in [4.78, 5) is 4.41. The van der Waals surface area contributed by atoms with Crippen molar-refractivity contribution in [1.29, 1.82) is 0 Å². The van der Waals surface area contributed by atoms with E-state index in [4.69, 9.17) is 4.74 Å². The average Bonchev–Trinajstić information content (AvgIpc) is 2.90. The highest BCUT2D eigenvalue weighted by atomic mass is 32.1. The number of nitrogens with zero attached hydrogens (tertiary/aromatic N) is 1. The van der Waals surface area contributed by atoms with Gasteiger partial charge in [0, 0.05) is 6.54 Å². The maximum absolute atomic E-state index is 13.1. The van der Waals surface area contributed by atoms with Gasteiger partial charge in [-0.05, 0) is 36.8 Å². The van der Waals surface area contributed by atoms with E-state index in [0.29, 0.717) is 6.61 Å². The van der Waals surface area contributed by atoms with Gasteiger partial charge in [-0.2, -0.15) is 0 Å². The van der Waals surface area contributed by atoms with Gasteiger partial charge >= 0.3 is 0 Å². The van der Waals surface area contributed by atoms with Gasteiger partial charge in [-0.1, -0.05) is 29.5 Å². The normalized spacial score (nSPS) is 10.7. The molecule has 1 aromatic heterocycles. The second-order valence-electron chi connectivity index (χ2n) is 4.57. The van der Waals surface area contributed by atoms with Crippen molar-refractivity contribution in [3.05, 3.63) is 54.3 Å². The first-order valence-electron chi connectivity index (χ1n) is 6.79. The molecule has 0 saturated heterocycles. The van der Waals surface area contributed by atoms with Crippen LogP contribution in [0.1, 0.15) is 6.42 Å². The third-order valence-electron chi connectivity index (χ3n) is 2.96. The van der Waals surface area contributed by atoms with Crippen LogP contribution in [0.3, 0.4) is 0 Å². The van der Waals surface area contributed by atoms with E-state index in [1.54, 1.807) is 6.07 Å². The molecule has 0 aliphatic heterocycles. The van der Waals surface area contributed by atoms with Crippen molar-refractivity contribution >= 4 is 26.7 Å². The number of benzene rings is 2. The Morgan fingerprint density at radius 1 is 1.14 bits per heavy atom. The Balaban J connectivity index is 1.46. The van der Waals surface area contributed by atoms with Crippen LogP contribution in [-0.2, 0) is 0 Å². The van der Waals surface area contributed by atoms with Crippen molar-refractivity contribution < 1.29 is 9.13 Å². The average molecular weight is 302 g/mol. The molecular weight excluding hydrogens is 287 g/mol. The molecule has 0 radical (unpaired) electrons. The highest BCUT2D eigenvalue weighted by Gasteiger charge is 2.04. The lowest BCUT2D eigenvalue weighted by Gasteiger charge is -2.06. The second kappa shape index (κ2) is 6.54. The molecule has 3 aromatic rings. The molecule has 0 spiro atoms. The first-order chi connectivity index (χ1) is 10.3. The lowest BCUT2D eigenvalue weighted by Crippen LogP contribution is -2.06. The van der Waals surface area contributed by atoms with Crippen molar-refractivity contribution in [2.24, 2.45) is 0 Å². The van der Waals surface area contributed by atoms with E-state index in [9.17, 15) is 4.39 Å². The summed E-state index contributed by atoms with van der Waals surface area (Å²) in [5.74, 6) is 0.655. The van der Waals surface area contributed by atoms with E-state index >= 15 is 0 Å².